The van der Waals surface area contributed by atoms with Crippen molar-refractivity contribution in [3.05, 3.63) is 39.5 Å². The minimum absolute atomic E-state index is 0.00748. The maximum absolute atomic E-state index is 12.8. The summed E-state index contributed by atoms with van der Waals surface area (Å²) in [6, 6.07) is 5.95. The lowest BCUT2D eigenvalue weighted by Gasteiger charge is -2.14. The van der Waals surface area contributed by atoms with Crippen LogP contribution in [0, 0.1) is 6.92 Å². The third-order valence-corrected chi connectivity index (χ3v) is 4.83. The van der Waals surface area contributed by atoms with Crippen LogP contribution in [0.5, 0.6) is 0 Å². The van der Waals surface area contributed by atoms with E-state index in [-0.39, 0.29) is 5.91 Å². The Hall–Kier alpha value is -1.46. The van der Waals surface area contributed by atoms with Crippen molar-refractivity contribution in [1.82, 2.24) is 10.3 Å². The molecule has 1 saturated carbocycles. The Morgan fingerprint density at radius 2 is 2.17 bits per heavy atom. The molecule has 23 heavy (non-hydrogen) atoms. The van der Waals surface area contributed by atoms with Crippen LogP contribution >= 0.6 is 15.9 Å². The topological polar surface area (TPSA) is 68.0 Å². The summed E-state index contributed by atoms with van der Waals surface area (Å²) in [5.41, 5.74) is 9.28. The number of fused-ring (bicyclic) bond motifs is 1. The highest BCUT2D eigenvalue weighted by Crippen LogP contribution is 2.42. The first kappa shape index (κ1) is 16.4. The van der Waals surface area contributed by atoms with E-state index >= 15 is 0 Å². The van der Waals surface area contributed by atoms with Gasteiger partial charge in [-0.1, -0.05) is 15.9 Å². The van der Waals surface area contributed by atoms with E-state index in [0.717, 1.165) is 45.0 Å². The van der Waals surface area contributed by atoms with Crippen LogP contribution in [0.1, 0.15) is 53.2 Å². The average Bonchev–Trinajstić information content (AvgIpc) is 3.35. The summed E-state index contributed by atoms with van der Waals surface area (Å²) in [6.45, 7) is 3.34. The van der Waals surface area contributed by atoms with Gasteiger partial charge in [-0.3, -0.25) is 9.78 Å². The lowest BCUT2D eigenvalue weighted by Crippen LogP contribution is -2.26. The van der Waals surface area contributed by atoms with Crippen LogP contribution in [0.25, 0.3) is 10.9 Å². The largest absolute Gasteiger partial charge is 0.352 e. The summed E-state index contributed by atoms with van der Waals surface area (Å²) in [7, 11) is 0. The van der Waals surface area contributed by atoms with Gasteiger partial charge in [0.2, 0.25) is 0 Å². The Balaban J connectivity index is 2.00. The van der Waals surface area contributed by atoms with Gasteiger partial charge in [0.05, 0.1) is 11.1 Å². The number of hydrogen-bond acceptors (Lipinski definition) is 3. The molecule has 0 saturated heterocycles. The van der Waals surface area contributed by atoms with Gasteiger partial charge in [0.25, 0.3) is 5.91 Å². The fourth-order valence-corrected chi connectivity index (χ4v) is 3.32. The molecule has 0 radical (unpaired) electrons. The SMILES string of the molecule is Cc1c(C2CC2)nc2ccc(Br)cc2c1C(=O)NCCCCN. The van der Waals surface area contributed by atoms with E-state index in [0.29, 0.717) is 19.0 Å². The number of nitrogens with zero attached hydrogens (tertiary/aromatic N) is 1. The maximum atomic E-state index is 12.8. The second kappa shape index (κ2) is 6.97. The molecule has 1 amide bonds. The molecule has 0 unspecified atom stereocenters. The fraction of sp³-hybridized carbons (Fsp3) is 0.444. The Kier molecular flexibility index (Phi) is 4.97. The molecule has 1 aliphatic carbocycles. The van der Waals surface area contributed by atoms with Crippen LogP contribution in [0.2, 0.25) is 0 Å². The summed E-state index contributed by atoms with van der Waals surface area (Å²) in [6.07, 6.45) is 4.18. The summed E-state index contributed by atoms with van der Waals surface area (Å²) in [4.78, 5) is 17.6. The van der Waals surface area contributed by atoms with E-state index in [1.54, 1.807) is 0 Å². The molecule has 0 atom stereocenters. The molecule has 0 bridgehead atoms. The molecule has 2 aromatic rings. The summed E-state index contributed by atoms with van der Waals surface area (Å²) in [5.74, 6) is 0.513. The number of nitrogens with two attached hydrogens (primary N) is 1. The number of unbranched alkanes of at least 4 members (excludes halogenated alkanes) is 1. The standard InChI is InChI=1S/C18H22BrN3O/c1-11-16(18(23)21-9-3-2-8-20)14-10-13(19)6-7-15(14)22-17(11)12-4-5-12/h6-7,10,12H,2-5,8-9,20H2,1H3,(H,21,23). The fourth-order valence-electron chi connectivity index (χ4n) is 2.96. The second-order valence-corrected chi connectivity index (χ2v) is 7.10. The first-order valence-corrected chi connectivity index (χ1v) is 8.99. The number of carbonyl (C=O) groups excluding carboxylic acids is 1. The molecule has 5 heteroatoms. The summed E-state index contributed by atoms with van der Waals surface area (Å²) in [5, 5.41) is 3.95. The molecule has 122 valence electrons. The normalized spacial score (nSPS) is 14.2. The zero-order chi connectivity index (χ0) is 16.4. The molecule has 0 spiro atoms. The third-order valence-electron chi connectivity index (χ3n) is 4.34. The van der Waals surface area contributed by atoms with Crippen LogP contribution in [0.3, 0.4) is 0 Å². The maximum Gasteiger partial charge on any atom is 0.252 e. The molecule has 1 aromatic heterocycles. The van der Waals surface area contributed by atoms with Gasteiger partial charge in [0.15, 0.2) is 0 Å². The van der Waals surface area contributed by atoms with Crippen molar-refractivity contribution in [3.8, 4) is 0 Å². The predicted molar refractivity (Wildman–Crippen MR) is 96.8 cm³/mol. The smallest absolute Gasteiger partial charge is 0.252 e. The molecular formula is C18H22BrN3O. The van der Waals surface area contributed by atoms with Crippen LogP contribution in [-0.4, -0.2) is 24.0 Å². The van der Waals surface area contributed by atoms with Crippen molar-refractivity contribution in [1.29, 1.82) is 0 Å². The van der Waals surface area contributed by atoms with Crippen LogP contribution < -0.4 is 11.1 Å². The summed E-state index contributed by atoms with van der Waals surface area (Å²) >= 11 is 3.50. The zero-order valence-corrected chi connectivity index (χ0v) is 14.9. The molecule has 1 fully saturated rings. The lowest BCUT2D eigenvalue weighted by molar-refractivity contribution is 0.0954. The number of hydrogen-bond donors (Lipinski definition) is 2. The van der Waals surface area contributed by atoms with Gasteiger partial charge in [0.1, 0.15) is 0 Å². The van der Waals surface area contributed by atoms with Crippen molar-refractivity contribution < 1.29 is 4.79 Å². The minimum Gasteiger partial charge on any atom is -0.352 e. The van der Waals surface area contributed by atoms with E-state index in [4.69, 9.17) is 10.7 Å². The van der Waals surface area contributed by atoms with Crippen molar-refractivity contribution in [2.24, 2.45) is 5.73 Å². The molecule has 0 aliphatic heterocycles. The van der Waals surface area contributed by atoms with Crippen LogP contribution in [-0.2, 0) is 0 Å². The van der Waals surface area contributed by atoms with Crippen LogP contribution in [0.15, 0.2) is 22.7 Å². The number of aromatic nitrogens is 1. The number of rotatable bonds is 6. The van der Waals surface area contributed by atoms with E-state index in [1.807, 2.05) is 25.1 Å². The summed E-state index contributed by atoms with van der Waals surface area (Å²) < 4.78 is 0.961. The quantitative estimate of drug-likeness (QED) is 0.757. The van der Waals surface area contributed by atoms with Gasteiger partial charge in [0, 0.05) is 28.0 Å². The molecular weight excluding hydrogens is 354 g/mol. The van der Waals surface area contributed by atoms with E-state index in [1.165, 1.54) is 12.8 Å². The average molecular weight is 376 g/mol. The first-order valence-electron chi connectivity index (χ1n) is 8.20. The van der Waals surface area contributed by atoms with Crippen molar-refractivity contribution in [2.75, 3.05) is 13.1 Å². The van der Waals surface area contributed by atoms with Crippen molar-refractivity contribution >= 4 is 32.7 Å². The van der Waals surface area contributed by atoms with Gasteiger partial charge >= 0.3 is 0 Å². The number of pyridine rings is 1. The van der Waals surface area contributed by atoms with Gasteiger partial charge < -0.3 is 11.1 Å². The lowest BCUT2D eigenvalue weighted by atomic mass is 9.98. The van der Waals surface area contributed by atoms with Crippen molar-refractivity contribution in [3.63, 3.8) is 0 Å². The monoisotopic (exact) mass is 375 g/mol. The van der Waals surface area contributed by atoms with Gasteiger partial charge in [-0.2, -0.15) is 0 Å². The van der Waals surface area contributed by atoms with Gasteiger partial charge in [-0.15, -0.1) is 0 Å². The van der Waals surface area contributed by atoms with Gasteiger partial charge in [-0.05, 0) is 62.9 Å². The predicted octanol–water partition coefficient (Wildman–Crippen LogP) is 3.65. The second-order valence-electron chi connectivity index (χ2n) is 6.18. The number of benzene rings is 1. The Labute approximate surface area is 145 Å². The Bertz CT molecular complexity index is 741. The van der Waals surface area contributed by atoms with Gasteiger partial charge in [-0.25, -0.2) is 0 Å². The zero-order valence-electron chi connectivity index (χ0n) is 13.4. The highest BCUT2D eigenvalue weighted by Gasteiger charge is 2.29. The first-order chi connectivity index (χ1) is 11.1. The van der Waals surface area contributed by atoms with Crippen molar-refractivity contribution in [2.45, 2.75) is 38.5 Å². The molecule has 1 aliphatic rings. The highest BCUT2D eigenvalue weighted by atomic mass is 79.9. The third kappa shape index (κ3) is 3.56. The number of carbonyl (C=O) groups is 1. The Morgan fingerprint density at radius 1 is 1.39 bits per heavy atom. The molecule has 3 N–H and O–H groups in total. The Morgan fingerprint density at radius 3 is 2.87 bits per heavy atom. The number of nitrogens with one attached hydrogen (secondary N) is 1. The van der Waals surface area contributed by atoms with E-state index < -0.39 is 0 Å². The van der Waals surface area contributed by atoms with Crippen LogP contribution in [0.4, 0.5) is 0 Å². The van der Waals surface area contributed by atoms with E-state index in [2.05, 4.69) is 21.2 Å². The minimum atomic E-state index is -0.00748. The molecule has 3 rings (SSSR count). The highest BCUT2D eigenvalue weighted by molar-refractivity contribution is 9.10. The van der Waals surface area contributed by atoms with E-state index in [9.17, 15) is 4.79 Å². The number of halogens is 1. The molecule has 1 aromatic carbocycles. The molecule has 1 heterocycles. The number of amides is 1. The molecule has 4 nitrogen and oxygen atoms in total.